The van der Waals surface area contributed by atoms with Crippen LogP contribution < -0.4 is 14.5 Å². The number of anilines is 5. The van der Waals surface area contributed by atoms with Crippen molar-refractivity contribution in [1.29, 1.82) is 0 Å². The Hall–Kier alpha value is -7.43. The summed E-state index contributed by atoms with van der Waals surface area (Å²) >= 11 is 0. The maximum atomic E-state index is 15.6. The zero-order valence-electron chi connectivity index (χ0n) is 35.1. The number of rotatable bonds is 4. The third-order valence-corrected chi connectivity index (χ3v) is 14.3. The second-order valence-corrected chi connectivity index (χ2v) is 17.6. The van der Waals surface area contributed by atoms with Gasteiger partial charge in [0, 0.05) is 28.3 Å². The summed E-state index contributed by atoms with van der Waals surface area (Å²) in [5.41, 5.74) is 16.9. The van der Waals surface area contributed by atoms with Gasteiger partial charge < -0.3 is 14.5 Å². The Kier molecular flexibility index (Phi) is 7.79. The van der Waals surface area contributed by atoms with Crippen LogP contribution in [0.25, 0.3) is 32.7 Å². The number of hydrogen-bond acceptors (Lipinski definition) is 3. The van der Waals surface area contributed by atoms with E-state index in [4.69, 9.17) is 4.74 Å². The Balaban J connectivity index is 1.18. The summed E-state index contributed by atoms with van der Waals surface area (Å²) in [5.74, 6) is 0.262. The number of nitrogens with zero attached hydrogens (tertiary/aromatic N) is 2. The van der Waals surface area contributed by atoms with Crippen molar-refractivity contribution in [2.45, 2.75) is 44.1 Å². The van der Waals surface area contributed by atoms with Gasteiger partial charge in [-0.05, 0) is 124 Å². The Morgan fingerprint density at radius 3 is 2.13 bits per heavy atom. The molecule has 4 heteroatoms. The van der Waals surface area contributed by atoms with Crippen LogP contribution in [0.4, 0.5) is 32.8 Å². The molecule has 302 valence electrons. The van der Waals surface area contributed by atoms with Gasteiger partial charge in [0.1, 0.15) is 11.6 Å². The standard InChI is InChI=1S/C59H43FN2O/c1-36-30-33-50(37(2)34-36)62(53-29-15-23-44-43-22-14-26-49(60)57(43)63-58(44)53)54-35-48-56(42-21-9-8-20-41(42)54)55-40-19-7-6-16-38(40)31-32-47(55)59(48)45-24-10-12-27-51(45)61(39-17-4-3-5-18-39)52-28-13-11-25-46(52)59/h3-4,6-17,19-35,43,57H,5,18H2,1-2H3. The molecule has 2 unspecified atom stereocenters. The molecule has 0 saturated carbocycles. The first-order valence-electron chi connectivity index (χ1n) is 22.2. The van der Waals surface area contributed by atoms with Crippen molar-refractivity contribution in [2.75, 3.05) is 9.80 Å². The number of aryl methyl sites for hydroxylation is 2. The molecule has 5 aliphatic rings. The largest absolute Gasteiger partial charge is 0.480 e. The van der Waals surface area contributed by atoms with E-state index in [-0.39, 0.29) is 11.7 Å². The molecule has 2 atom stereocenters. The van der Waals surface area contributed by atoms with Gasteiger partial charge >= 0.3 is 0 Å². The fraction of sp³-hybridized carbons (Fsp3) is 0.119. The predicted octanol–water partition coefficient (Wildman–Crippen LogP) is 15.4. The molecule has 63 heavy (non-hydrogen) atoms. The molecule has 3 aliphatic carbocycles. The van der Waals surface area contributed by atoms with Crippen LogP contribution in [0.15, 0.2) is 200 Å². The lowest BCUT2D eigenvalue weighted by atomic mass is 9.64. The molecular formula is C59H43FN2O. The molecule has 8 aromatic rings. The zero-order chi connectivity index (χ0) is 42.0. The number of benzene rings is 8. The van der Waals surface area contributed by atoms with Crippen LogP contribution in [-0.2, 0) is 5.41 Å². The van der Waals surface area contributed by atoms with E-state index in [0.29, 0.717) is 0 Å². The van der Waals surface area contributed by atoms with Crippen molar-refractivity contribution in [3.63, 3.8) is 0 Å². The van der Waals surface area contributed by atoms with E-state index >= 15 is 4.39 Å². The zero-order valence-corrected chi connectivity index (χ0v) is 35.1. The molecule has 0 saturated heterocycles. The first-order chi connectivity index (χ1) is 31.0. The van der Waals surface area contributed by atoms with Gasteiger partial charge in [0.05, 0.1) is 28.2 Å². The molecule has 0 radical (unpaired) electrons. The molecule has 0 amide bonds. The summed E-state index contributed by atoms with van der Waals surface area (Å²) in [5, 5.41) is 4.78. The monoisotopic (exact) mass is 814 g/mol. The van der Waals surface area contributed by atoms with Crippen LogP contribution in [0, 0.1) is 13.8 Å². The summed E-state index contributed by atoms with van der Waals surface area (Å²) in [6.07, 6.45) is 13.5. The van der Waals surface area contributed by atoms with E-state index in [0.717, 1.165) is 52.2 Å². The number of hydrogen-bond donors (Lipinski definition) is 0. The molecule has 8 aromatic carbocycles. The molecule has 2 heterocycles. The lowest BCUT2D eigenvalue weighted by molar-refractivity contribution is 0.223. The van der Waals surface area contributed by atoms with Gasteiger partial charge in [-0.2, -0.15) is 0 Å². The summed E-state index contributed by atoms with van der Waals surface area (Å²) in [4.78, 5) is 4.92. The maximum Gasteiger partial charge on any atom is 0.160 e. The normalized spacial score (nSPS) is 18.2. The number of halogens is 1. The van der Waals surface area contributed by atoms with Crippen LogP contribution in [0.3, 0.4) is 0 Å². The second kappa shape index (κ2) is 13.5. The molecule has 0 N–H and O–H groups in total. The Morgan fingerprint density at radius 2 is 1.35 bits per heavy atom. The molecule has 3 nitrogen and oxygen atoms in total. The number of ether oxygens (including phenoxy) is 1. The topological polar surface area (TPSA) is 15.7 Å². The van der Waals surface area contributed by atoms with Gasteiger partial charge in [-0.3, -0.25) is 0 Å². The van der Waals surface area contributed by atoms with Gasteiger partial charge in [0.2, 0.25) is 0 Å². The molecule has 2 aliphatic heterocycles. The predicted molar refractivity (Wildman–Crippen MR) is 257 cm³/mol. The minimum absolute atomic E-state index is 0.207. The van der Waals surface area contributed by atoms with Crippen LogP contribution in [0.1, 0.15) is 57.7 Å². The molecule has 13 rings (SSSR count). The van der Waals surface area contributed by atoms with Crippen LogP contribution in [0.2, 0.25) is 0 Å². The average Bonchev–Trinajstić information content (AvgIpc) is 3.86. The number of allylic oxidation sites excluding steroid dienone is 6. The average molecular weight is 815 g/mol. The minimum Gasteiger partial charge on any atom is -0.480 e. The third-order valence-electron chi connectivity index (χ3n) is 14.3. The van der Waals surface area contributed by atoms with Crippen molar-refractivity contribution < 1.29 is 9.13 Å². The van der Waals surface area contributed by atoms with Gasteiger partial charge in [-0.15, -0.1) is 0 Å². The summed E-state index contributed by atoms with van der Waals surface area (Å²) < 4.78 is 22.4. The molecule has 0 bridgehead atoms. The Labute approximate surface area is 367 Å². The lowest BCUT2D eigenvalue weighted by Crippen LogP contribution is -2.37. The molecular weight excluding hydrogens is 772 g/mol. The fourth-order valence-electron chi connectivity index (χ4n) is 11.7. The number of fused-ring (bicyclic) bond motifs is 16. The summed E-state index contributed by atoms with van der Waals surface area (Å²) in [6.45, 7) is 4.34. The van der Waals surface area contributed by atoms with Crippen molar-refractivity contribution in [1.82, 2.24) is 0 Å². The first-order valence-corrected chi connectivity index (χ1v) is 22.2. The van der Waals surface area contributed by atoms with Crippen LogP contribution >= 0.6 is 0 Å². The highest BCUT2D eigenvalue weighted by atomic mass is 19.1. The van der Waals surface area contributed by atoms with E-state index in [1.165, 1.54) is 78.3 Å². The highest BCUT2D eigenvalue weighted by molar-refractivity contribution is 6.17. The van der Waals surface area contributed by atoms with Crippen molar-refractivity contribution in [3.8, 4) is 16.9 Å². The van der Waals surface area contributed by atoms with Crippen molar-refractivity contribution in [2.24, 2.45) is 0 Å². The second-order valence-electron chi connectivity index (χ2n) is 17.6. The summed E-state index contributed by atoms with van der Waals surface area (Å²) in [6, 6.07) is 56.3. The third kappa shape index (κ3) is 4.95. The van der Waals surface area contributed by atoms with Gasteiger partial charge in [0.15, 0.2) is 6.10 Å². The van der Waals surface area contributed by atoms with Crippen molar-refractivity contribution in [3.05, 3.63) is 239 Å². The Morgan fingerprint density at radius 1 is 0.619 bits per heavy atom. The quantitative estimate of drug-likeness (QED) is 0.176. The first kappa shape index (κ1) is 36.2. The molecule has 1 spiro atoms. The van der Waals surface area contributed by atoms with Crippen LogP contribution in [-0.4, -0.2) is 6.10 Å². The van der Waals surface area contributed by atoms with E-state index in [9.17, 15) is 0 Å². The van der Waals surface area contributed by atoms with Gasteiger partial charge in [-0.25, -0.2) is 4.39 Å². The van der Waals surface area contributed by atoms with E-state index in [1.54, 1.807) is 0 Å². The Bertz CT molecular complexity index is 3360. The maximum absolute atomic E-state index is 15.6. The molecule has 0 fully saturated rings. The van der Waals surface area contributed by atoms with E-state index in [1.807, 2.05) is 6.08 Å². The van der Waals surface area contributed by atoms with E-state index < -0.39 is 11.5 Å². The minimum atomic E-state index is -0.692. The smallest absolute Gasteiger partial charge is 0.160 e. The van der Waals surface area contributed by atoms with Crippen molar-refractivity contribution >= 4 is 50.0 Å². The summed E-state index contributed by atoms with van der Waals surface area (Å²) in [7, 11) is 0. The van der Waals surface area contributed by atoms with E-state index in [2.05, 4.69) is 200 Å². The highest BCUT2D eigenvalue weighted by Crippen LogP contribution is 2.66. The number of para-hydroxylation sites is 3. The highest BCUT2D eigenvalue weighted by Gasteiger charge is 2.53. The molecule has 0 aromatic heterocycles. The fourth-order valence-corrected chi connectivity index (χ4v) is 11.7. The van der Waals surface area contributed by atoms with Crippen LogP contribution in [0.5, 0.6) is 5.75 Å². The van der Waals surface area contributed by atoms with Gasteiger partial charge in [0.25, 0.3) is 0 Å². The lowest BCUT2D eigenvalue weighted by Gasteiger charge is -2.46. The SMILES string of the molecule is Cc1ccc(N(c2cccc3c2OC2C(F)=CC=CC32)c2cc3c(c4ccccc24)-c2c(ccc4ccccc24)C32c3ccccc3N(C3=CC=CCC3)c3ccccc32)c(C)c1. The van der Waals surface area contributed by atoms with Gasteiger partial charge in [-0.1, -0.05) is 151 Å².